The van der Waals surface area contributed by atoms with E-state index in [9.17, 15) is 4.79 Å². The molecule has 4 nitrogen and oxygen atoms in total. The largest absolute Gasteiger partial charge is 0.325 e. The zero-order valence-corrected chi connectivity index (χ0v) is 6.27. The monoisotopic (exact) mass is 161 g/mol. The zero-order chi connectivity index (χ0) is 7.72. The van der Waals surface area contributed by atoms with E-state index in [0.29, 0.717) is 5.69 Å². The Bertz CT molecular complexity index is 288. The zero-order valence-electron chi connectivity index (χ0n) is 5.52. The molecule has 0 aliphatic heterocycles. The van der Waals surface area contributed by atoms with Gasteiger partial charge in [0, 0.05) is 13.6 Å². The van der Waals surface area contributed by atoms with Crippen molar-refractivity contribution in [1.29, 1.82) is 0 Å². The van der Waals surface area contributed by atoms with E-state index in [0.717, 1.165) is 0 Å². The van der Waals surface area contributed by atoms with E-state index in [2.05, 4.69) is 5.10 Å². The molecule has 0 radical (unpaired) electrons. The highest BCUT2D eigenvalue weighted by Crippen LogP contribution is 2.06. The molecule has 0 aliphatic carbocycles. The van der Waals surface area contributed by atoms with Crippen LogP contribution in [0.1, 0.15) is 5.69 Å². The number of nitrogens with two attached hydrogens (primary N) is 1. The molecule has 10 heavy (non-hydrogen) atoms. The van der Waals surface area contributed by atoms with Gasteiger partial charge < -0.3 is 5.73 Å². The molecule has 0 saturated carbocycles. The molecule has 3 N–H and O–H groups in total. The highest BCUT2D eigenvalue weighted by atomic mass is 35.5. The Kier molecular flexibility index (Phi) is 1.82. The highest BCUT2D eigenvalue weighted by Gasteiger charge is 2.06. The summed E-state index contributed by atoms with van der Waals surface area (Å²) in [6, 6.07) is 0. The summed E-state index contributed by atoms with van der Waals surface area (Å²) in [7, 11) is 1.69. The maximum absolute atomic E-state index is 10.8. The van der Waals surface area contributed by atoms with Crippen molar-refractivity contribution >= 4 is 11.6 Å². The van der Waals surface area contributed by atoms with Crippen LogP contribution in [-0.4, -0.2) is 9.78 Å². The Morgan fingerprint density at radius 1 is 1.80 bits per heavy atom. The summed E-state index contributed by atoms with van der Waals surface area (Å²) in [6.07, 6.45) is 0. The van der Waals surface area contributed by atoms with E-state index in [1.807, 2.05) is 0 Å². The number of aromatic amines is 1. The van der Waals surface area contributed by atoms with Gasteiger partial charge in [0.1, 0.15) is 5.02 Å². The lowest BCUT2D eigenvalue weighted by atomic mass is 10.4. The number of aromatic nitrogens is 2. The van der Waals surface area contributed by atoms with Crippen molar-refractivity contribution in [3.8, 4) is 0 Å². The third-order valence-corrected chi connectivity index (χ3v) is 1.71. The smallest absolute Gasteiger partial charge is 0.283 e. The molecule has 0 atom stereocenters. The summed E-state index contributed by atoms with van der Waals surface area (Å²) < 4.78 is 1.52. The summed E-state index contributed by atoms with van der Waals surface area (Å²) >= 11 is 5.57. The van der Waals surface area contributed by atoms with Gasteiger partial charge in [0.15, 0.2) is 0 Å². The van der Waals surface area contributed by atoms with E-state index >= 15 is 0 Å². The van der Waals surface area contributed by atoms with Crippen LogP contribution in [-0.2, 0) is 13.6 Å². The lowest BCUT2D eigenvalue weighted by Crippen LogP contribution is -2.04. The molecule has 0 fully saturated rings. The maximum atomic E-state index is 10.8. The van der Waals surface area contributed by atoms with Gasteiger partial charge in [0.25, 0.3) is 5.56 Å². The first kappa shape index (κ1) is 7.37. The average molecular weight is 162 g/mol. The predicted molar refractivity (Wildman–Crippen MR) is 38.9 cm³/mol. The second kappa shape index (κ2) is 2.48. The summed E-state index contributed by atoms with van der Waals surface area (Å²) in [5, 5.41) is 2.66. The van der Waals surface area contributed by atoms with Crippen molar-refractivity contribution in [2.45, 2.75) is 6.54 Å². The van der Waals surface area contributed by atoms with Crippen LogP contribution in [0.2, 0.25) is 5.02 Å². The van der Waals surface area contributed by atoms with Crippen LogP contribution in [0.3, 0.4) is 0 Å². The van der Waals surface area contributed by atoms with Crippen LogP contribution >= 0.6 is 11.6 Å². The van der Waals surface area contributed by atoms with Crippen LogP contribution in [0.15, 0.2) is 4.79 Å². The highest BCUT2D eigenvalue weighted by molar-refractivity contribution is 6.31. The standard InChI is InChI=1S/C5H8ClN3O/c1-9-3(2-7)4(6)5(10)8-9/h2,7H2,1H3,(H,8,10). The van der Waals surface area contributed by atoms with E-state index in [1.165, 1.54) is 4.68 Å². The Morgan fingerprint density at radius 2 is 2.40 bits per heavy atom. The van der Waals surface area contributed by atoms with Crippen molar-refractivity contribution in [3.63, 3.8) is 0 Å². The Hall–Kier alpha value is -0.740. The molecular formula is C5H8ClN3O. The molecule has 5 heteroatoms. The quantitative estimate of drug-likeness (QED) is 0.601. The van der Waals surface area contributed by atoms with Crippen LogP contribution in [0.25, 0.3) is 0 Å². The van der Waals surface area contributed by atoms with Gasteiger partial charge in [-0.3, -0.25) is 14.6 Å². The SMILES string of the molecule is Cn1[nH]c(=O)c(Cl)c1CN. The second-order valence-corrected chi connectivity index (χ2v) is 2.34. The summed E-state index contributed by atoms with van der Waals surface area (Å²) in [4.78, 5) is 10.8. The van der Waals surface area contributed by atoms with Crippen molar-refractivity contribution < 1.29 is 0 Å². The fourth-order valence-electron chi connectivity index (χ4n) is 0.774. The molecule has 1 aromatic rings. The fraction of sp³-hybridized carbons (Fsp3) is 0.400. The van der Waals surface area contributed by atoms with Crippen LogP contribution < -0.4 is 11.3 Å². The van der Waals surface area contributed by atoms with Crippen molar-refractivity contribution in [2.24, 2.45) is 12.8 Å². The van der Waals surface area contributed by atoms with Gasteiger partial charge in [-0.15, -0.1) is 0 Å². The molecule has 56 valence electrons. The number of hydrogen-bond donors (Lipinski definition) is 2. The van der Waals surface area contributed by atoms with Crippen LogP contribution in [0.4, 0.5) is 0 Å². The second-order valence-electron chi connectivity index (χ2n) is 1.96. The van der Waals surface area contributed by atoms with Gasteiger partial charge >= 0.3 is 0 Å². The number of halogens is 1. The minimum Gasteiger partial charge on any atom is -0.325 e. The van der Waals surface area contributed by atoms with Gasteiger partial charge in [-0.05, 0) is 0 Å². The van der Waals surface area contributed by atoms with Gasteiger partial charge in [0.05, 0.1) is 5.69 Å². The van der Waals surface area contributed by atoms with Crippen molar-refractivity contribution in [2.75, 3.05) is 0 Å². The Labute approximate surface area is 62.6 Å². The molecule has 0 bridgehead atoms. The van der Waals surface area contributed by atoms with E-state index < -0.39 is 0 Å². The molecule has 0 aliphatic rings. The third kappa shape index (κ3) is 0.955. The summed E-state index contributed by atoms with van der Waals surface area (Å²) in [5.74, 6) is 0. The maximum Gasteiger partial charge on any atom is 0.283 e. The van der Waals surface area contributed by atoms with Gasteiger partial charge in [0.2, 0.25) is 0 Å². The van der Waals surface area contributed by atoms with Gasteiger partial charge in [-0.25, -0.2) is 0 Å². The number of H-pyrrole nitrogens is 1. The third-order valence-electron chi connectivity index (χ3n) is 1.32. The Balaban J connectivity index is 3.34. The molecule has 0 aromatic carbocycles. The minimum atomic E-state index is -0.287. The van der Waals surface area contributed by atoms with Crippen LogP contribution in [0, 0.1) is 0 Å². The number of nitrogens with zero attached hydrogens (tertiary/aromatic N) is 1. The van der Waals surface area contributed by atoms with Gasteiger partial charge in [-0.2, -0.15) is 0 Å². The molecule has 1 heterocycles. The van der Waals surface area contributed by atoms with Crippen LogP contribution in [0.5, 0.6) is 0 Å². The molecule has 0 spiro atoms. The first-order chi connectivity index (χ1) is 4.66. The number of rotatable bonds is 1. The summed E-state index contributed by atoms with van der Waals surface area (Å²) in [5.41, 5.74) is 5.64. The summed E-state index contributed by atoms with van der Waals surface area (Å²) in [6.45, 7) is 0.272. The van der Waals surface area contributed by atoms with Crippen molar-refractivity contribution in [1.82, 2.24) is 9.78 Å². The number of hydrogen-bond acceptors (Lipinski definition) is 2. The molecule has 1 aromatic heterocycles. The lowest BCUT2D eigenvalue weighted by molar-refractivity contribution is 0.705. The van der Waals surface area contributed by atoms with E-state index in [1.54, 1.807) is 7.05 Å². The normalized spacial score (nSPS) is 10.3. The van der Waals surface area contributed by atoms with Crippen molar-refractivity contribution in [3.05, 3.63) is 21.1 Å². The molecule has 0 amide bonds. The molecule has 0 unspecified atom stereocenters. The molecule has 1 rings (SSSR count). The number of aryl methyl sites for hydroxylation is 1. The lowest BCUT2D eigenvalue weighted by Gasteiger charge is -1.95. The van der Waals surface area contributed by atoms with E-state index in [-0.39, 0.29) is 17.1 Å². The topological polar surface area (TPSA) is 63.8 Å². The first-order valence-corrected chi connectivity index (χ1v) is 3.18. The molecule has 0 saturated heterocycles. The minimum absolute atomic E-state index is 0.185. The average Bonchev–Trinajstić information content (AvgIpc) is 2.09. The Morgan fingerprint density at radius 3 is 2.60 bits per heavy atom. The fourth-order valence-corrected chi connectivity index (χ4v) is 1.02. The number of nitrogens with one attached hydrogen (secondary N) is 1. The van der Waals surface area contributed by atoms with Gasteiger partial charge in [-0.1, -0.05) is 11.6 Å². The molecular weight excluding hydrogens is 154 g/mol. The van der Waals surface area contributed by atoms with E-state index in [4.69, 9.17) is 17.3 Å². The predicted octanol–water partition coefficient (Wildman–Crippen LogP) is -0.174. The first-order valence-electron chi connectivity index (χ1n) is 2.80.